The van der Waals surface area contributed by atoms with E-state index < -0.39 is 18.5 Å². The number of nitrogens with one attached hydrogen (secondary N) is 1. The fourth-order valence-electron chi connectivity index (χ4n) is 3.00. The maximum atomic E-state index is 12.9. The molecule has 8 heteroatoms. The normalized spacial score (nSPS) is 10.6. The molecule has 2 aromatic carbocycles. The van der Waals surface area contributed by atoms with E-state index in [-0.39, 0.29) is 0 Å². The number of carbonyl (C=O) groups excluding carboxylic acids is 2. The first kappa shape index (κ1) is 21.1. The van der Waals surface area contributed by atoms with Crippen LogP contribution in [-0.4, -0.2) is 28.5 Å². The Hall–Kier alpha value is -3.10. The molecule has 0 radical (unpaired) electrons. The van der Waals surface area contributed by atoms with Crippen LogP contribution < -0.4 is 5.32 Å². The van der Waals surface area contributed by atoms with E-state index in [0.717, 1.165) is 10.0 Å². The SMILES string of the molecule is O=C(COC(=O)c1cc(-c2ccncc2)nc2ccccc12)Nc1ccc(Br)cc1Br. The number of hydrogen-bond donors (Lipinski definition) is 1. The molecule has 0 aliphatic heterocycles. The molecule has 0 saturated heterocycles. The first-order valence-corrected chi connectivity index (χ1v) is 10.8. The molecule has 1 N–H and O–H groups in total. The van der Waals surface area contributed by atoms with Gasteiger partial charge in [-0.3, -0.25) is 9.78 Å². The van der Waals surface area contributed by atoms with Crippen molar-refractivity contribution in [1.29, 1.82) is 0 Å². The molecule has 0 unspecified atom stereocenters. The van der Waals surface area contributed by atoms with Crippen molar-refractivity contribution in [3.63, 3.8) is 0 Å². The van der Waals surface area contributed by atoms with Crippen LogP contribution in [0.25, 0.3) is 22.2 Å². The van der Waals surface area contributed by atoms with E-state index in [4.69, 9.17) is 4.74 Å². The molecule has 0 atom stereocenters. The van der Waals surface area contributed by atoms with Crippen molar-refractivity contribution in [2.75, 3.05) is 11.9 Å². The van der Waals surface area contributed by atoms with Crippen LogP contribution in [0.2, 0.25) is 0 Å². The summed E-state index contributed by atoms with van der Waals surface area (Å²) in [6, 6.07) is 18.0. The van der Waals surface area contributed by atoms with Crippen molar-refractivity contribution in [3.05, 3.63) is 87.6 Å². The van der Waals surface area contributed by atoms with Crippen molar-refractivity contribution in [3.8, 4) is 11.3 Å². The molecule has 2 aromatic heterocycles. The fraction of sp³-hybridized carbons (Fsp3) is 0.0435. The number of amides is 1. The number of hydrogen-bond acceptors (Lipinski definition) is 5. The van der Waals surface area contributed by atoms with Crippen LogP contribution >= 0.6 is 31.9 Å². The number of nitrogens with zero attached hydrogens (tertiary/aromatic N) is 2. The second-order valence-corrected chi connectivity index (χ2v) is 8.33. The quantitative estimate of drug-likeness (QED) is 0.332. The maximum Gasteiger partial charge on any atom is 0.339 e. The zero-order valence-corrected chi connectivity index (χ0v) is 19.2. The highest BCUT2D eigenvalue weighted by atomic mass is 79.9. The summed E-state index contributed by atoms with van der Waals surface area (Å²) in [5, 5.41) is 3.37. The summed E-state index contributed by atoms with van der Waals surface area (Å²) in [5.41, 5.74) is 3.03. The van der Waals surface area contributed by atoms with Crippen molar-refractivity contribution in [2.24, 2.45) is 0 Å². The second-order valence-electron chi connectivity index (χ2n) is 6.56. The van der Waals surface area contributed by atoms with Gasteiger partial charge in [-0.2, -0.15) is 0 Å². The van der Waals surface area contributed by atoms with Crippen molar-refractivity contribution >= 4 is 60.3 Å². The van der Waals surface area contributed by atoms with Crippen LogP contribution in [0, 0.1) is 0 Å². The minimum Gasteiger partial charge on any atom is -0.452 e. The van der Waals surface area contributed by atoms with Gasteiger partial charge in [-0.25, -0.2) is 9.78 Å². The summed E-state index contributed by atoms with van der Waals surface area (Å²) in [6.07, 6.45) is 3.32. The van der Waals surface area contributed by atoms with Crippen molar-refractivity contribution in [1.82, 2.24) is 9.97 Å². The van der Waals surface area contributed by atoms with Gasteiger partial charge in [-0.1, -0.05) is 34.1 Å². The Bertz CT molecular complexity index is 1280. The van der Waals surface area contributed by atoms with Gasteiger partial charge >= 0.3 is 5.97 Å². The summed E-state index contributed by atoms with van der Waals surface area (Å²) in [6.45, 7) is -0.414. The molecule has 1 amide bonds. The van der Waals surface area contributed by atoms with Gasteiger partial charge in [0, 0.05) is 32.3 Å². The van der Waals surface area contributed by atoms with E-state index in [1.807, 2.05) is 36.4 Å². The molecule has 0 aliphatic rings. The zero-order valence-electron chi connectivity index (χ0n) is 16.0. The lowest BCUT2D eigenvalue weighted by molar-refractivity contribution is -0.119. The van der Waals surface area contributed by atoms with Crippen LogP contribution in [0.15, 0.2) is 82.0 Å². The summed E-state index contributed by atoms with van der Waals surface area (Å²) in [5.74, 6) is -1.04. The highest BCUT2D eigenvalue weighted by molar-refractivity contribution is 9.11. The Kier molecular flexibility index (Phi) is 6.39. The first-order valence-electron chi connectivity index (χ1n) is 9.23. The number of aromatic nitrogens is 2. The zero-order chi connectivity index (χ0) is 21.8. The molecule has 154 valence electrons. The summed E-state index contributed by atoms with van der Waals surface area (Å²) >= 11 is 6.75. The van der Waals surface area contributed by atoms with E-state index in [9.17, 15) is 9.59 Å². The molecule has 0 fully saturated rings. The lowest BCUT2D eigenvalue weighted by Crippen LogP contribution is -2.21. The van der Waals surface area contributed by atoms with Crippen molar-refractivity contribution < 1.29 is 14.3 Å². The monoisotopic (exact) mass is 539 g/mol. The summed E-state index contributed by atoms with van der Waals surface area (Å²) in [7, 11) is 0. The topological polar surface area (TPSA) is 81.2 Å². The highest BCUT2D eigenvalue weighted by Gasteiger charge is 2.17. The van der Waals surface area contributed by atoms with E-state index in [1.54, 1.807) is 36.7 Å². The van der Waals surface area contributed by atoms with Gasteiger partial charge in [0.15, 0.2) is 6.61 Å². The van der Waals surface area contributed by atoms with E-state index in [0.29, 0.717) is 32.3 Å². The highest BCUT2D eigenvalue weighted by Crippen LogP contribution is 2.27. The van der Waals surface area contributed by atoms with Crippen LogP contribution in [0.5, 0.6) is 0 Å². The summed E-state index contributed by atoms with van der Waals surface area (Å²) < 4.78 is 6.89. The van der Waals surface area contributed by atoms with Crippen LogP contribution in [-0.2, 0) is 9.53 Å². The molecule has 0 saturated carbocycles. The second kappa shape index (κ2) is 9.36. The van der Waals surface area contributed by atoms with Crippen LogP contribution in [0.3, 0.4) is 0 Å². The molecule has 4 aromatic rings. The number of benzene rings is 2. The average Bonchev–Trinajstić information content (AvgIpc) is 2.79. The molecule has 0 bridgehead atoms. The standard InChI is InChI=1S/C23H15Br2N3O3/c24-15-5-6-20(18(25)11-15)28-22(29)13-31-23(30)17-12-21(14-7-9-26-10-8-14)27-19-4-2-1-3-16(17)19/h1-12H,13H2,(H,28,29). The van der Waals surface area contributed by atoms with Gasteiger partial charge in [0.2, 0.25) is 0 Å². The molecule has 6 nitrogen and oxygen atoms in total. The number of anilines is 1. The van der Waals surface area contributed by atoms with Gasteiger partial charge in [-0.05, 0) is 58.4 Å². The van der Waals surface area contributed by atoms with Gasteiger partial charge in [-0.15, -0.1) is 0 Å². The molecular formula is C23H15Br2N3O3. The number of ether oxygens (including phenoxy) is 1. The maximum absolute atomic E-state index is 12.9. The van der Waals surface area contributed by atoms with Gasteiger partial charge in [0.1, 0.15) is 0 Å². The smallest absolute Gasteiger partial charge is 0.339 e. The number of para-hydroxylation sites is 1. The minimum atomic E-state index is -0.598. The molecule has 0 spiro atoms. The molecule has 2 heterocycles. The first-order chi connectivity index (χ1) is 15.0. The Morgan fingerprint density at radius 2 is 1.74 bits per heavy atom. The number of halogens is 2. The van der Waals surface area contributed by atoms with Gasteiger partial charge < -0.3 is 10.1 Å². The Labute approximate surface area is 194 Å². The number of rotatable bonds is 5. The predicted molar refractivity (Wildman–Crippen MR) is 126 cm³/mol. The van der Waals surface area contributed by atoms with Gasteiger partial charge in [0.25, 0.3) is 5.91 Å². The molecular weight excluding hydrogens is 526 g/mol. The van der Waals surface area contributed by atoms with E-state index >= 15 is 0 Å². The Morgan fingerprint density at radius 3 is 2.52 bits per heavy atom. The Balaban J connectivity index is 1.55. The molecule has 4 rings (SSSR count). The lowest BCUT2D eigenvalue weighted by atomic mass is 10.0. The predicted octanol–water partition coefficient (Wildman–Crippen LogP) is 5.62. The van der Waals surface area contributed by atoms with Crippen LogP contribution in [0.4, 0.5) is 5.69 Å². The molecule has 0 aliphatic carbocycles. The third-order valence-electron chi connectivity index (χ3n) is 4.45. The third kappa shape index (κ3) is 4.98. The number of esters is 1. The summed E-state index contributed by atoms with van der Waals surface area (Å²) in [4.78, 5) is 33.8. The Morgan fingerprint density at radius 1 is 0.968 bits per heavy atom. The largest absolute Gasteiger partial charge is 0.452 e. The number of carbonyl (C=O) groups is 2. The van der Waals surface area contributed by atoms with E-state index in [1.165, 1.54) is 0 Å². The third-order valence-corrected chi connectivity index (χ3v) is 5.60. The molecule has 31 heavy (non-hydrogen) atoms. The average molecular weight is 541 g/mol. The number of pyridine rings is 2. The lowest BCUT2D eigenvalue weighted by Gasteiger charge is -2.11. The van der Waals surface area contributed by atoms with Gasteiger partial charge in [0.05, 0.1) is 22.5 Å². The minimum absolute atomic E-state index is 0.343. The van der Waals surface area contributed by atoms with Crippen LogP contribution in [0.1, 0.15) is 10.4 Å². The number of fused-ring (bicyclic) bond motifs is 1. The van der Waals surface area contributed by atoms with Crippen molar-refractivity contribution in [2.45, 2.75) is 0 Å². The fourth-order valence-corrected chi connectivity index (χ4v) is 4.15. The van der Waals surface area contributed by atoms with E-state index in [2.05, 4.69) is 47.1 Å².